The predicted molar refractivity (Wildman–Crippen MR) is 104 cm³/mol. The second kappa shape index (κ2) is 7.61. The summed E-state index contributed by atoms with van der Waals surface area (Å²) in [7, 11) is 1.63. The minimum absolute atomic E-state index is 0.00281. The van der Waals surface area contributed by atoms with E-state index in [9.17, 15) is 14.4 Å². The van der Waals surface area contributed by atoms with Gasteiger partial charge in [0.1, 0.15) is 11.9 Å². The van der Waals surface area contributed by atoms with Crippen molar-refractivity contribution >= 4 is 29.7 Å². The Kier molecular flexibility index (Phi) is 5.14. The summed E-state index contributed by atoms with van der Waals surface area (Å²) in [4.78, 5) is 45.0. The van der Waals surface area contributed by atoms with Gasteiger partial charge in [0.2, 0.25) is 11.9 Å². The molecule has 1 aromatic heterocycles. The predicted octanol–water partition coefficient (Wildman–Crippen LogP) is 2.02. The van der Waals surface area contributed by atoms with Gasteiger partial charge in [-0.15, -0.1) is 0 Å². The molecule has 0 spiro atoms. The minimum Gasteiger partial charge on any atom is -0.466 e. The van der Waals surface area contributed by atoms with Gasteiger partial charge < -0.3 is 4.74 Å². The zero-order valence-electron chi connectivity index (χ0n) is 17.3. The number of rotatable bonds is 5. The number of aliphatic imine (C=N–C) groups is 1. The number of aromatic nitrogens is 2. The monoisotopic (exact) mass is 402 g/mol. The molecule has 9 nitrogen and oxygen atoms in total. The van der Waals surface area contributed by atoms with E-state index in [0.29, 0.717) is 11.9 Å². The van der Waals surface area contributed by atoms with Crippen molar-refractivity contribution in [2.45, 2.75) is 64.5 Å². The molecule has 1 saturated carbocycles. The highest BCUT2D eigenvalue weighted by molar-refractivity contribution is 6.19. The summed E-state index contributed by atoms with van der Waals surface area (Å²) in [5.41, 5.74) is 1.07. The Hall–Kier alpha value is -2.71. The Morgan fingerprint density at radius 2 is 2.00 bits per heavy atom. The van der Waals surface area contributed by atoms with E-state index in [1.807, 2.05) is 17.7 Å². The van der Waals surface area contributed by atoms with Crippen LogP contribution in [0, 0.1) is 6.92 Å². The first-order valence-corrected chi connectivity index (χ1v) is 10.4. The smallest absolute Gasteiger partial charge is 0.402 e. The average molecular weight is 402 g/mol. The fourth-order valence-corrected chi connectivity index (χ4v) is 4.63. The summed E-state index contributed by atoms with van der Waals surface area (Å²) in [6, 6.07) is -0.750. The van der Waals surface area contributed by atoms with Crippen molar-refractivity contribution in [2.24, 2.45) is 4.99 Å². The van der Waals surface area contributed by atoms with E-state index in [-0.39, 0.29) is 25.5 Å². The largest absolute Gasteiger partial charge is 0.466 e. The number of urea groups is 1. The van der Waals surface area contributed by atoms with Crippen LogP contribution in [0.4, 0.5) is 10.7 Å². The Morgan fingerprint density at radius 3 is 2.69 bits per heavy atom. The normalized spacial score (nSPS) is 21.9. The van der Waals surface area contributed by atoms with Gasteiger partial charge in [0, 0.05) is 13.6 Å². The Labute approximate surface area is 169 Å². The SMILES string of the molecule is CCOC(=O)CCN1C(=O)C2C(=Nc3n(C4CCCCC4)c(C)c[n+]32)N(C)C1=O. The lowest BCUT2D eigenvalue weighted by Gasteiger charge is -2.32. The van der Waals surface area contributed by atoms with Crippen molar-refractivity contribution in [1.29, 1.82) is 0 Å². The molecule has 4 rings (SSSR count). The van der Waals surface area contributed by atoms with Crippen LogP contribution in [0.5, 0.6) is 0 Å². The van der Waals surface area contributed by atoms with Gasteiger partial charge in [0.05, 0.1) is 19.1 Å². The second-order valence-electron chi connectivity index (χ2n) is 7.90. The molecular formula is C20H28N5O4+. The van der Waals surface area contributed by atoms with Crippen LogP contribution in [-0.4, -0.2) is 58.3 Å². The number of aryl methyl sites for hydroxylation is 1. The number of hydrogen-bond donors (Lipinski definition) is 0. The highest BCUT2D eigenvalue weighted by Crippen LogP contribution is 2.36. The van der Waals surface area contributed by atoms with Crippen molar-refractivity contribution in [3.63, 3.8) is 0 Å². The number of amidine groups is 1. The van der Waals surface area contributed by atoms with Crippen LogP contribution >= 0.6 is 0 Å². The Bertz CT molecular complexity index is 884. The maximum absolute atomic E-state index is 13.2. The molecule has 0 bridgehead atoms. The third-order valence-electron chi connectivity index (χ3n) is 6.04. The van der Waals surface area contributed by atoms with Gasteiger partial charge in [-0.3, -0.25) is 19.4 Å². The lowest BCUT2D eigenvalue weighted by atomic mass is 9.95. The van der Waals surface area contributed by atoms with Crippen LogP contribution < -0.4 is 4.57 Å². The van der Waals surface area contributed by atoms with Crippen LogP contribution in [0.2, 0.25) is 0 Å². The van der Waals surface area contributed by atoms with Gasteiger partial charge >= 0.3 is 17.9 Å². The van der Waals surface area contributed by atoms with E-state index in [1.165, 1.54) is 24.2 Å². The molecule has 29 heavy (non-hydrogen) atoms. The highest BCUT2D eigenvalue weighted by atomic mass is 16.5. The topological polar surface area (TPSA) is 88.1 Å². The number of likely N-dealkylation sites (N-methyl/N-ethyl adjacent to an activating group) is 1. The van der Waals surface area contributed by atoms with Crippen molar-refractivity contribution in [3.05, 3.63) is 11.9 Å². The molecule has 1 atom stereocenters. The first kappa shape index (κ1) is 19.6. The second-order valence-corrected chi connectivity index (χ2v) is 7.90. The number of amides is 3. The van der Waals surface area contributed by atoms with E-state index >= 15 is 0 Å². The Balaban J connectivity index is 1.64. The van der Waals surface area contributed by atoms with Crippen molar-refractivity contribution < 1.29 is 23.7 Å². The summed E-state index contributed by atoms with van der Waals surface area (Å²) >= 11 is 0. The van der Waals surface area contributed by atoms with Gasteiger partial charge in [0.15, 0.2) is 0 Å². The molecule has 1 aromatic rings. The summed E-state index contributed by atoms with van der Waals surface area (Å²) < 4.78 is 9.02. The molecule has 1 aliphatic carbocycles. The highest BCUT2D eigenvalue weighted by Gasteiger charge is 2.53. The first-order valence-electron chi connectivity index (χ1n) is 10.4. The standard InChI is InChI=1S/C20H28N5O4/c1-4-29-15(26)10-11-23-18(27)16-17(22(3)20(23)28)21-19-24(16)12-13(2)25(19)14-8-6-5-7-9-14/h12,14,16H,4-11H2,1-3H3/q+1. The van der Waals surface area contributed by atoms with Crippen LogP contribution in [0.15, 0.2) is 11.2 Å². The quantitative estimate of drug-likeness (QED) is 0.557. The van der Waals surface area contributed by atoms with E-state index in [2.05, 4.69) is 4.57 Å². The lowest BCUT2D eigenvalue weighted by molar-refractivity contribution is -0.677. The number of fused-ring (bicyclic) bond motifs is 3. The van der Waals surface area contributed by atoms with Gasteiger partial charge in [-0.05, 0) is 39.5 Å². The number of imidazole rings is 1. The van der Waals surface area contributed by atoms with Crippen LogP contribution in [0.3, 0.4) is 0 Å². The molecule has 0 aromatic carbocycles. The summed E-state index contributed by atoms with van der Waals surface area (Å²) in [6.07, 6.45) is 7.79. The molecule has 3 aliphatic rings. The third kappa shape index (κ3) is 3.22. The lowest BCUT2D eigenvalue weighted by Crippen LogP contribution is -2.62. The maximum Gasteiger partial charge on any atom is 0.402 e. The average Bonchev–Trinajstić information content (AvgIpc) is 3.21. The van der Waals surface area contributed by atoms with Crippen LogP contribution in [-0.2, 0) is 14.3 Å². The molecule has 156 valence electrons. The van der Waals surface area contributed by atoms with E-state index in [0.717, 1.165) is 29.4 Å². The maximum atomic E-state index is 13.2. The number of esters is 1. The first-order chi connectivity index (χ1) is 13.9. The van der Waals surface area contributed by atoms with Gasteiger partial charge in [0.25, 0.3) is 5.91 Å². The molecule has 1 unspecified atom stereocenters. The van der Waals surface area contributed by atoms with Crippen LogP contribution in [0.1, 0.15) is 63.2 Å². The summed E-state index contributed by atoms with van der Waals surface area (Å²) in [5.74, 6) is 0.413. The van der Waals surface area contributed by atoms with Crippen molar-refractivity contribution in [2.75, 3.05) is 20.2 Å². The number of imide groups is 1. The molecule has 2 fully saturated rings. The Morgan fingerprint density at radius 1 is 1.28 bits per heavy atom. The fourth-order valence-electron chi connectivity index (χ4n) is 4.63. The molecule has 3 heterocycles. The zero-order valence-corrected chi connectivity index (χ0v) is 17.3. The number of ether oxygens (including phenoxy) is 1. The van der Waals surface area contributed by atoms with E-state index in [1.54, 1.807) is 14.0 Å². The molecule has 0 radical (unpaired) electrons. The van der Waals surface area contributed by atoms with Gasteiger partial charge in [-0.25, -0.2) is 13.9 Å². The number of carbonyl (C=O) groups is 3. The van der Waals surface area contributed by atoms with E-state index in [4.69, 9.17) is 9.73 Å². The molecule has 9 heteroatoms. The molecule has 0 N–H and O–H groups in total. The summed E-state index contributed by atoms with van der Waals surface area (Å²) in [6.45, 7) is 4.04. The molecule has 3 amide bonds. The van der Waals surface area contributed by atoms with Gasteiger partial charge in [-0.2, -0.15) is 0 Å². The molecule has 1 saturated heterocycles. The van der Waals surface area contributed by atoms with Crippen LogP contribution in [0.25, 0.3) is 0 Å². The van der Waals surface area contributed by atoms with Crippen molar-refractivity contribution in [3.8, 4) is 0 Å². The fraction of sp³-hybridized carbons (Fsp3) is 0.650. The summed E-state index contributed by atoms with van der Waals surface area (Å²) in [5, 5.41) is 0. The number of carbonyl (C=O) groups excluding carboxylic acids is 3. The molecule has 2 aliphatic heterocycles. The zero-order chi connectivity index (χ0) is 20.7. The van der Waals surface area contributed by atoms with Crippen molar-refractivity contribution in [1.82, 2.24) is 14.4 Å². The van der Waals surface area contributed by atoms with E-state index < -0.39 is 18.0 Å². The molecular weight excluding hydrogens is 374 g/mol. The number of hydrogen-bond acceptors (Lipinski definition) is 5. The third-order valence-corrected chi connectivity index (χ3v) is 6.04. The minimum atomic E-state index is -0.668. The number of nitrogens with zero attached hydrogens (tertiary/aromatic N) is 5. The van der Waals surface area contributed by atoms with Gasteiger partial charge in [-0.1, -0.05) is 11.4 Å².